The third-order valence-electron chi connectivity index (χ3n) is 3.56. The number of carbonyl (C=O) groups excluding carboxylic acids is 1. The lowest BCUT2D eigenvalue weighted by Crippen LogP contribution is -2.09. The van der Waals surface area contributed by atoms with Crippen LogP contribution in [0, 0.1) is 12.7 Å². The molecule has 0 aliphatic heterocycles. The van der Waals surface area contributed by atoms with Gasteiger partial charge in [-0.1, -0.05) is 23.2 Å². The second kappa shape index (κ2) is 6.91. The lowest BCUT2D eigenvalue weighted by molar-refractivity contribution is -0.111. The van der Waals surface area contributed by atoms with Crippen LogP contribution in [-0.4, -0.2) is 5.91 Å². The Labute approximate surface area is 147 Å². The fraction of sp³-hybridized carbons (Fsp3) is 0.0526. The number of fused-ring (bicyclic) bond motifs is 1. The Morgan fingerprint density at radius 3 is 2.80 bits per heavy atom. The lowest BCUT2D eigenvalue weighted by Gasteiger charge is -2.03. The number of nitrogens with one attached hydrogen (secondary N) is 1. The number of benzene rings is 2. The summed E-state index contributed by atoms with van der Waals surface area (Å²) in [5.41, 5.74) is 1.80. The number of rotatable bonds is 3. The zero-order valence-corrected chi connectivity index (χ0v) is 13.9. The van der Waals surface area contributed by atoms with Gasteiger partial charge in [0.25, 0.3) is 0 Å². The van der Waals surface area contributed by atoms with E-state index >= 15 is 0 Å². The van der Waals surface area contributed by atoms with Crippen molar-refractivity contribution in [2.45, 2.75) is 6.92 Å². The van der Waals surface area contributed by atoms with Crippen molar-refractivity contribution in [3.8, 4) is 0 Å². The van der Waals surface area contributed by atoms with E-state index in [0.717, 1.165) is 11.6 Å². The molecule has 2 aromatic carbocycles. The second-order valence-electron chi connectivity index (χ2n) is 5.47. The van der Waals surface area contributed by atoms with E-state index in [2.05, 4.69) is 5.32 Å². The van der Waals surface area contributed by atoms with Crippen molar-refractivity contribution in [1.29, 1.82) is 0 Å². The molecule has 0 atom stereocenters. The van der Waals surface area contributed by atoms with Gasteiger partial charge in [0.2, 0.25) is 5.91 Å². The average molecular weight is 358 g/mol. The number of amides is 1. The number of anilines is 1. The van der Waals surface area contributed by atoms with Crippen molar-refractivity contribution in [2.75, 3.05) is 5.32 Å². The Balaban J connectivity index is 1.82. The SMILES string of the molecule is Cc1ccc2occ(/C=C/C(=O)Nc3ccc(F)c(Cl)c3)c(=O)c2c1. The summed E-state index contributed by atoms with van der Waals surface area (Å²) < 4.78 is 18.5. The first kappa shape index (κ1) is 16.9. The number of hydrogen-bond donors (Lipinski definition) is 1. The molecule has 0 saturated heterocycles. The summed E-state index contributed by atoms with van der Waals surface area (Å²) in [5.74, 6) is -1.05. The lowest BCUT2D eigenvalue weighted by atomic mass is 10.1. The predicted molar refractivity (Wildman–Crippen MR) is 96.3 cm³/mol. The molecular formula is C19H13ClFNO3. The van der Waals surface area contributed by atoms with E-state index < -0.39 is 11.7 Å². The van der Waals surface area contributed by atoms with Gasteiger partial charge in [0, 0.05) is 11.8 Å². The van der Waals surface area contributed by atoms with Crippen molar-refractivity contribution in [3.05, 3.63) is 80.9 Å². The van der Waals surface area contributed by atoms with Gasteiger partial charge in [-0.2, -0.15) is 0 Å². The topological polar surface area (TPSA) is 59.3 Å². The van der Waals surface area contributed by atoms with Gasteiger partial charge < -0.3 is 9.73 Å². The molecule has 4 nitrogen and oxygen atoms in total. The third kappa shape index (κ3) is 3.78. The number of aryl methyl sites for hydroxylation is 1. The minimum atomic E-state index is -0.570. The Hall–Kier alpha value is -2.92. The standard InChI is InChI=1S/C19H13ClFNO3/c1-11-2-6-17-14(8-11)19(24)12(10-25-17)3-7-18(23)22-13-4-5-16(21)15(20)9-13/h2-10H,1H3,(H,22,23)/b7-3+. The molecule has 0 aliphatic rings. The quantitative estimate of drug-likeness (QED) is 0.700. The van der Waals surface area contributed by atoms with Crippen LogP contribution in [0.3, 0.4) is 0 Å². The summed E-state index contributed by atoms with van der Waals surface area (Å²) in [4.78, 5) is 24.4. The summed E-state index contributed by atoms with van der Waals surface area (Å²) in [6.07, 6.45) is 3.87. The van der Waals surface area contributed by atoms with Crippen LogP contribution < -0.4 is 10.7 Å². The Morgan fingerprint density at radius 2 is 2.04 bits per heavy atom. The molecule has 1 heterocycles. The molecule has 0 unspecified atom stereocenters. The summed E-state index contributed by atoms with van der Waals surface area (Å²) in [7, 11) is 0. The highest BCUT2D eigenvalue weighted by Crippen LogP contribution is 2.19. The van der Waals surface area contributed by atoms with E-state index in [1.54, 1.807) is 12.1 Å². The fourth-order valence-electron chi connectivity index (χ4n) is 2.30. The first-order valence-corrected chi connectivity index (χ1v) is 7.78. The molecule has 0 bridgehead atoms. The maximum absolute atomic E-state index is 13.1. The molecule has 0 saturated carbocycles. The van der Waals surface area contributed by atoms with E-state index in [-0.39, 0.29) is 16.0 Å². The molecule has 0 fully saturated rings. The molecule has 3 aromatic rings. The highest BCUT2D eigenvalue weighted by molar-refractivity contribution is 6.31. The van der Waals surface area contributed by atoms with Crippen LogP contribution in [0.15, 0.2) is 57.9 Å². The summed E-state index contributed by atoms with van der Waals surface area (Å²) in [6, 6.07) is 9.16. The minimum Gasteiger partial charge on any atom is -0.463 e. The summed E-state index contributed by atoms with van der Waals surface area (Å²) in [5, 5.41) is 2.90. The number of carbonyl (C=O) groups is 1. The van der Waals surface area contributed by atoms with Crippen LogP contribution in [0.25, 0.3) is 17.0 Å². The minimum absolute atomic E-state index is 0.0904. The van der Waals surface area contributed by atoms with E-state index in [0.29, 0.717) is 16.7 Å². The van der Waals surface area contributed by atoms with Gasteiger partial charge in [-0.05, 0) is 43.3 Å². The molecular weight excluding hydrogens is 345 g/mol. The predicted octanol–water partition coefficient (Wildman–Crippen LogP) is 4.55. The highest BCUT2D eigenvalue weighted by Gasteiger charge is 2.06. The van der Waals surface area contributed by atoms with Gasteiger partial charge in [0.05, 0.1) is 16.0 Å². The van der Waals surface area contributed by atoms with Crippen molar-refractivity contribution in [1.82, 2.24) is 0 Å². The smallest absolute Gasteiger partial charge is 0.248 e. The maximum atomic E-state index is 13.1. The normalized spacial score (nSPS) is 11.2. The van der Waals surface area contributed by atoms with Crippen molar-refractivity contribution >= 4 is 40.2 Å². The molecule has 0 aliphatic carbocycles. The Morgan fingerprint density at radius 1 is 1.24 bits per heavy atom. The van der Waals surface area contributed by atoms with Gasteiger partial charge in [-0.3, -0.25) is 9.59 Å². The second-order valence-corrected chi connectivity index (χ2v) is 5.88. The van der Waals surface area contributed by atoms with Crippen LogP contribution in [0.1, 0.15) is 11.1 Å². The summed E-state index contributed by atoms with van der Waals surface area (Å²) >= 11 is 5.66. The molecule has 0 spiro atoms. The van der Waals surface area contributed by atoms with Crippen LogP contribution >= 0.6 is 11.6 Å². The number of halogens is 2. The van der Waals surface area contributed by atoms with E-state index in [4.69, 9.17) is 16.0 Å². The Kier molecular flexibility index (Phi) is 4.67. The molecule has 0 radical (unpaired) electrons. The zero-order chi connectivity index (χ0) is 18.0. The zero-order valence-electron chi connectivity index (χ0n) is 13.2. The number of hydrogen-bond acceptors (Lipinski definition) is 3. The van der Waals surface area contributed by atoms with E-state index in [1.807, 2.05) is 13.0 Å². The van der Waals surface area contributed by atoms with Crippen molar-refractivity contribution in [3.63, 3.8) is 0 Å². The van der Waals surface area contributed by atoms with Gasteiger partial charge in [-0.15, -0.1) is 0 Å². The molecule has 3 rings (SSSR count). The molecule has 1 amide bonds. The van der Waals surface area contributed by atoms with Crippen molar-refractivity contribution in [2.24, 2.45) is 0 Å². The van der Waals surface area contributed by atoms with Gasteiger partial charge in [0.1, 0.15) is 17.7 Å². The largest absolute Gasteiger partial charge is 0.463 e. The third-order valence-corrected chi connectivity index (χ3v) is 3.85. The highest BCUT2D eigenvalue weighted by atomic mass is 35.5. The Bertz CT molecular complexity index is 1060. The molecule has 25 heavy (non-hydrogen) atoms. The molecule has 1 N–H and O–H groups in total. The fourth-order valence-corrected chi connectivity index (χ4v) is 2.48. The maximum Gasteiger partial charge on any atom is 0.248 e. The molecule has 126 valence electrons. The van der Waals surface area contributed by atoms with E-state index in [1.165, 1.54) is 30.5 Å². The molecule has 1 aromatic heterocycles. The van der Waals surface area contributed by atoms with Gasteiger partial charge >= 0.3 is 0 Å². The summed E-state index contributed by atoms with van der Waals surface area (Å²) in [6.45, 7) is 1.88. The van der Waals surface area contributed by atoms with Crippen molar-refractivity contribution < 1.29 is 13.6 Å². The first-order valence-electron chi connectivity index (χ1n) is 7.40. The van der Waals surface area contributed by atoms with Gasteiger partial charge in [0.15, 0.2) is 5.43 Å². The molecule has 6 heteroatoms. The average Bonchev–Trinajstić information content (AvgIpc) is 2.58. The van der Waals surface area contributed by atoms with Gasteiger partial charge in [-0.25, -0.2) is 4.39 Å². The van der Waals surface area contributed by atoms with Crippen LogP contribution in [0.4, 0.5) is 10.1 Å². The van der Waals surface area contributed by atoms with Crippen LogP contribution in [-0.2, 0) is 4.79 Å². The first-order chi connectivity index (χ1) is 11.9. The van der Waals surface area contributed by atoms with Crippen LogP contribution in [0.2, 0.25) is 5.02 Å². The van der Waals surface area contributed by atoms with E-state index in [9.17, 15) is 14.0 Å². The monoisotopic (exact) mass is 357 g/mol. The van der Waals surface area contributed by atoms with Crippen LogP contribution in [0.5, 0.6) is 0 Å².